The van der Waals surface area contributed by atoms with Crippen molar-refractivity contribution in [1.29, 1.82) is 0 Å². The summed E-state index contributed by atoms with van der Waals surface area (Å²) < 4.78 is 56.9. The van der Waals surface area contributed by atoms with Crippen LogP contribution in [-0.4, -0.2) is 38.4 Å². The van der Waals surface area contributed by atoms with Gasteiger partial charge in [-0.3, -0.25) is 14.9 Å². The van der Waals surface area contributed by atoms with Crippen molar-refractivity contribution in [1.82, 2.24) is 19.7 Å². The van der Waals surface area contributed by atoms with Gasteiger partial charge in [-0.15, -0.1) is 5.10 Å². The van der Waals surface area contributed by atoms with Gasteiger partial charge in [0.25, 0.3) is 11.9 Å². The van der Waals surface area contributed by atoms with Crippen LogP contribution in [0.25, 0.3) is 10.8 Å². The molecular weight excluding hydrogens is 466 g/mol. The first-order chi connectivity index (χ1) is 13.7. The summed E-state index contributed by atoms with van der Waals surface area (Å²) in [5, 5.41) is 5.84. The molecule has 0 saturated heterocycles. The topological polar surface area (TPSA) is 99.0 Å². The molecule has 1 aromatic carbocycles. The van der Waals surface area contributed by atoms with E-state index in [9.17, 15) is 27.2 Å². The van der Waals surface area contributed by atoms with Gasteiger partial charge in [-0.2, -0.15) is 4.39 Å². The molecule has 0 radical (unpaired) electrons. The molecule has 3 rings (SSSR count). The molecule has 0 aliphatic rings. The first-order valence-electron chi connectivity index (χ1n) is 7.81. The Kier molecular flexibility index (Phi) is 6.06. The van der Waals surface area contributed by atoms with Gasteiger partial charge in [-0.1, -0.05) is 15.9 Å². The minimum Gasteiger partial charge on any atom is -0.435 e. The van der Waals surface area contributed by atoms with E-state index in [0.717, 1.165) is 12.4 Å². The standard InChI is InChI=1S/C16H10BrF4N5O3/c17-7-1-2-9-10(3-7)14(29-13(21)12(19)20)25-26(15(9)28)6-11(27)24-16-22-4-8(18)5-23-16/h1-5,12-13H,6H2,(H,22,23,24,27). The molecule has 2 aromatic heterocycles. The molecule has 0 spiro atoms. The number of halogens is 5. The smallest absolute Gasteiger partial charge is 0.304 e. The average molecular weight is 476 g/mol. The number of nitrogens with zero attached hydrogens (tertiary/aromatic N) is 4. The number of nitrogens with one attached hydrogen (secondary N) is 1. The Morgan fingerprint density at radius 3 is 2.55 bits per heavy atom. The van der Waals surface area contributed by atoms with Crippen LogP contribution in [0.1, 0.15) is 0 Å². The Morgan fingerprint density at radius 1 is 1.21 bits per heavy atom. The van der Waals surface area contributed by atoms with Gasteiger partial charge in [0.05, 0.1) is 23.2 Å². The van der Waals surface area contributed by atoms with Crippen molar-refractivity contribution >= 4 is 38.6 Å². The Hall–Kier alpha value is -3.09. The first-order valence-corrected chi connectivity index (χ1v) is 8.60. The Bertz CT molecular complexity index is 1110. The zero-order chi connectivity index (χ0) is 21.1. The third-order valence-electron chi connectivity index (χ3n) is 3.48. The Morgan fingerprint density at radius 2 is 1.90 bits per heavy atom. The number of amides is 1. The highest BCUT2D eigenvalue weighted by atomic mass is 79.9. The summed E-state index contributed by atoms with van der Waals surface area (Å²) in [6, 6.07) is 4.17. The molecule has 3 aromatic rings. The van der Waals surface area contributed by atoms with Crippen molar-refractivity contribution in [2.24, 2.45) is 0 Å². The van der Waals surface area contributed by atoms with Crippen LogP contribution in [0.4, 0.5) is 23.5 Å². The highest BCUT2D eigenvalue weighted by Gasteiger charge is 2.24. The number of anilines is 1. The van der Waals surface area contributed by atoms with Gasteiger partial charge in [-0.25, -0.2) is 27.8 Å². The van der Waals surface area contributed by atoms with E-state index < -0.39 is 42.5 Å². The number of ether oxygens (including phenoxy) is 1. The summed E-state index contributed by atoms with van der Waals surface area (Å²) >= 11 is 3.15. The molecule has 8 nitrogen and oxygen atoms in total. The van der Waals surface area contributed by atoms with Crippen LogP contribution in [0, 0.1) is 5.82 Å². The van der Waals surface area contributed by atoms with Crippen LogP contribution in [0.15, 0.2) is 39.9 Å². The van der Waals surface area contributed by atoms with Gasteiger partial charge in [0, 0.05) is 4.47 Å². The number of rotatable bonds is 6. The first kappa shape index (κ1) is 20.6. The van der Waals surface area contributed by atoms with Crippen molar-refractivity contribution < 1.29 is 27.1 Å². The monoisotopic (exact) mass is 475 g/mol. The lowest BCUT2D eigenvalue weighted by Gasteiger charge is -2.14. The maximum Gasteiger partial charge on any atom is 0.304 e. The molecular formula is C16H10BrF4N5O3. The van der Waals surface area contributed by atoms with Crippen LogP contribution in [0.2, 0.25) is 0 Å². The lowest BCUT2D eigenvalue weighted by atomic mass is 10.2. The zero-order valence-corrected chi connectivity index (χ0v) is 15.7. The van der Waals surface area contributed by atoms with Crippen molar-refractivity contribution in [3.8, 4) is 5.88 Å². The maximum atomic E-state index is 13.4. The van der Waals surface area contributed by atoms with Crippen LogP contribution in [-0.2, 0) is 11.3 Å². The molecule has 1 atom stereocenters. The third kappa shape index (κ3) is 4.85. The minimum atomic E-state index is -3.45. The summed E-state index contributed by atoms with van der Waals surface area (Å²) in [6.45, 7) is -0.687. The SMILES string of the molecule is O=C(Cn1nc(OC(F)C(F)F)c2cc(Br)ccc2c1=O)Nc1ncc(F)cn1. The van der Waals surface area contributed by atoms with Crippen molar-refractivity contribution in [3.05, 3.63) is 51.2 Å². The van der Waals surface area contributed by atoms with Crippen molar-refractivity contribution in [3.63, 3.8) is 0 Å². The number of alkyl halides is 3. The van der Waals surface area contributed by atoms with E-state index in [2.05, 4.69) is 41.1 Å². The molecule has 13 heteroatoms. The third-order valence-corrected chi connectivity index (χ3v) is 3.97. The lowest BCUT2D eigenvalue weighted by molar-refractivity contribution is -0.117. The van der Waals surface area contributed by atoms with E-state index in [-0.39, 0.29) is 16.7 Å². The number of hydrogen-bond acceptors (Lipinski definition) is 6. The largest absolute Gasteiger partial charge is 0.435 e. The van der Waals surface area contributed by atoms with E-state index in [1.165, 1.54) is 18.2 Å². The van der Waals surface area contributed by atoms with Gasteiger partial charge in [0.15, 0.2) is 5.82 Å². The number of benzene rings is 1. The summed E-state index contributed by atoms with van der Waals surface area (Å²) in [6.07, 6.45) is -4.80. The molecule has 1 N–H and O–H groups in total. The molecule has 0 bridgehead atoms. The minimum absolute atomic E-state index is 0.0220. The number of carbonyl (C=O) groups excluding carboxylic acids is 1. The van der Waals surface area contributed by atoms with Crippen LogP contribution in [0.5, 0.6) is 5.88 Å². The predicted octanol–water partition coefficient (Wildman–Crippen LogP) is 2.67. The number of carbonyl (C=O) groups is 1. The van der Waals surface area contributed by atoms with E-state index >= 15 is 0 Å². The van der Waals surface area contributed by atoms with Crippen LogP contribution < -0.4 is 15.6 Å². The fraction of sp³-hybridized carbons (Fsp3) is 0.188. The molecule has 0 fully saturated rings. The van der Waals surface area contributed by atoms with Gasteiger partial charge in [-0.05, 0) is 18.2 Å². The fourth-order valence-electron chi connectivity index (χ4n) is 2.26. The summed E-state index contributed by atoms with van der Waals surface area (Å²) in [5.74, 6) is -2.37. The molecule has 0 saturated carbocycles. The Labute approximate surface area is 167 Å². The van der Waals surface area contributed by atoms with Crippen molar-refractivity contribution in [2.45, 2.75) is 19.3 Å². The zero-order valence-electron chi connectivity index (χ0n) is 14.2. The second-order valence-electron chi connectivity index (χ2n) is 5.53. The quantitative estimate of drug-likeness (QED) is 0.550. The molecule has 1 unspecified atom stereocenters. The second-order valence-corrected chi connectivity index (χ2v) is 6.45. The normalized spacial score (nSPS) is 12.2. The van der Waals surface area contributed by atoms with E-state index in [1.807, 2.05) is 0 Å². The van der Waals surface area contributed by atoms with Crippen LogP contribution in [0.3, 0.4) is 0 Å². The van der Waals surface area contributed by atoms with Gasteiger partial charge < -0.3 is 4.74 Å². The van der Waals surface area contributed by atoms with Gasteiger partial charge >= 0.3 is 6.43 Å². The van der Waals surface area contributed by atoms with Crippen molar-refractivity contribution in [2.75, 3.05) is 5.32 Å². The molecule has 0 aliphatic heterocycles. The molecule has 152 valence electrons. The van der Waals surface area contributed by atoms with Crippen LogP contribution >= 0.6 is 15.9 Å². The fourth-order valence-corrected chi connectivity index (χ4v) is 2.62. The number of hydrogen-bond donors (Lipinski definition) is 1. The summed E-state index contributed by atoms with van der Waals surface area (Å²) in [4.78, 5) is 31.8. The second kappa shape index (κ2) is 8.51. The van der Waals surface area contributed by atoms with Gasteiger partial charge in [0.2, 0.25) is 17.7 Å². The summed E-state index contributed by atoms with van der Waals surface area (Å²) in [5.41, 5.74) is -0.748. The predicted molar refractivity (Wildman–Crippen MR) is 95.9 cm³/mol. The molecule has 29 heavy (non-hydrogen) atoms. The van der Waals surface area contributed by atoms with E-state index in [1.54, 1.807) is 0 Å². The molecule has 0 aliphatic carbocycles. The summed E-state index contributed by atoms with van der Waals surface area (Å²) in [7, 11) is 0. The average Bonchev–Trinajstić information content (AvgIpc) is 2.67. The maximum absolute atomic E-state index is 13.4. The molecule has 1 amide bonds. The Balaban J connectivity index is 1.95. The number of aromatic nitrogens is 4. The number of fused-ring (bicyclic) bond motifs is 1. The van der Waals surface area contributed by atoms with Gasteiger partial charge in [0.1, 0.15) is 6.54 Å². The van der Waals surface area contributed by atoms with E-state index in [0.29, 0.717) is 9.15 Å². The highest BCUT2D eigenvalue weighted by molar-refractivity contribution is 9.10. The molecule has 2 heterocycles. The lowest BCUT2D eigenvalue weighted by Crippen LogP contribution is -2.31. The highest BCUT2D eigenvalue weighted by Crippen LogP contribution is 2.26. The van der Waals surface area contributed by atoms with E-state index in [4.69, 9.17) is 0 Å².